The zero-order valence-corrected chi connectivity index (χ0v) is 11.5. The third-order valence-corrected chi connectivity index (χ3v) is 4.21. The maximum absolute atomic E-state index is 3.62. The lowest BCUT2D eigenvalue weighted by atomic mass is 10.1. The van der Waals surface area contributed by atoms with E-state index in [2.05, 4.69) is 48.8 Å². The molecular formula is C15H21NS. The average Bonchev–Trinajstić information content (AvgIpc) is 2.77. The van der Waals surface area contributed by atoms with Crippen LogP contribution in [0.3, 0.4) is 0 Å². The van der Waals surface area contributed by atoms with Crippen LogP contribution in [-0.4, -0.2) is 6.04 Å². The van der Waals surface area contributed by atoms with Crippen LogP contribution >= 0.6 is 11.3 Å². The number of benzene rings is 1. The summed E-state index contributed by atoms with van der Waals surface area (Å²) in [5.74, 6) is 0. The molecule has 0 aliphatic rings. The molecule has 17 heavy (non-hydrogen) atoms. The van der Waals surface area contributed by atoms with E-state index in [4.69, 9.17) is 0 Å². The summed E-state index contributed by atoms with van der Waals surface area (Å²) in [6.45, 7) is 5.53. The summed E-state index contributed by atoms with van der Waals surface area (Å²) in [4.78, 5) is 0. The van der Waals surface area contributed by atoms with E-state index in [0.29, 0.717) is 6.04 Å². The van der Waals surface area contributed by atoms with Crippen LogP contribution in [0.1, 0.15) is 38.7 Å². The van der Waals surface area contributed by atoms with Crippen molar-refractivity contribution in [2.24, 2.45) is 0 Å². The van der Waals surface area contributed by atoms with Gasteiger partial charge in [-0.1, -0.05) is 38.0 Å². The van der Waals surface area contributed by atoms with Crippen LogP contribution in [0.2, 0.25) is 0 Å². The summed E-state index contributed by atoms with van der Waals surface area (Å²) in [5.41, 5.74) is 1.44. The van der Waals surface area contributed by atoms with E-state index < -0.39 is 0 Å². The Balaban J connectivity index is 1.95. The van der Waals surface area contributed by atoms with Gasteiger partial charge < -0.3 is 5.32 Å². The van der Waals surface area contributed by atoms with Crippen molar-refractivity contribution in [3.8, 4) is 0 Å². The van der Waals surface area contributed by atoms with E-state index in [1.165, 1.54) is 34.9 Å². The molecule has 1 aromatic heterocycles. The molecule has 0 fully saturated rings. The van der Waals surface area contributed by atoms with E-state index in [0.717, 1.165) is 6.54 Å². The monoisotopic (exact) mass is 247 g/mol. The van der Waals surface area contributed by atoms with Crippen molar-refractivity contribution in [1.29, 1.82) is 0 Å². The quantitative estimate of drug-likeness (QED) is 0.788. The second kappa shape index (κ2) is 6.18. The van der Waals surface area contributed by atoms with Crippen LogP contribution in [0.4, 0.5) is 0 Å². The van der Waals surface area contributed by atoms with Gasteiger partial charge in [-0.05, 0) is 35.7 Å². The van der Waals surface area contributed by atoms with Gasteiger partial charge in [0, 0.05) is 17.3 Å². The van der Waals surface area contributed by atoms with Gasteiger partial charge >= 0.3 is 0 Å². The Morgan fingerprint density at radius 2 is 2.12 bits per heavy atom. The third kappa shape index (κ3) is 3.30. The van der Waals surface area contributed by atoms with E-state index in [1.54, 1.807) is 0 Å². The van der Waals surface area contributed by atoms with Gasteiger partial charge in [0.05, 0.1) is 0 Å². The molecule has 1 N–H and O–H groups in total. The molecule has 2 rings (SSSR count). The maximum Gasteiger partial charge on any atom is 0.0346 e. The Morgan fingerprint density at radius 1 is 1.29 bits per heavy atom. The Hall–Kier alpha value is -0.860. The Bertz CT molecular complexity index is 461. The van der Waals surface area contributed by atoms with Crippen molar-refractivity contribution in [3.63, 3.8) is 0 Å². The minimum atomic E-state index is 0.619. The highest BCUT2D eigenvalue weighted by Crippen LogP contribution is 2.25. The molecule has 1 atom stereocenters. The lowest BCUT2D eigenvalue weighted by Crippen LogP contribution is -2.25. The fourth-order valence-electron chi connectivity index (χ4n) is 2.07. The second-order valence-electron chi connectivity index (χ2n) is 4.68. The Kier molecular flexibility index (Phi) is 4.57. The third-order valence-electron chi connectivity index (χ3n) is 3.19. The second-order valence-corrected chi connectivity index (χ2v) is 5.59. The molecule has 0 saturated heterocycles. The number of thiophene rings is 1. The first-order valence-corrected chi connectivity index (χ1v) is 7.37. The topological polar surface area (TPSA) is 12.0 Å². The predicted octanol–water partition coefficient (Wildman–Crippen LogP) is 4.57. The van der Waals surface area contributed by atoms with E-state index >= 15 is 0 Å². The lowest BCUT2D eigenvalue weighted by Gasteiger charge is -2.12. The largest absolute Gasteiger partial charge is 0.310 e. The van der Waals surface area contributed by atoms with Gasteiger partial charge in [-0.2, -0.15) is 0 Å². The zero-order valence-electron chi connectivity index (χ0n) is 10.7. The zero-order chi connectivity index (χ0) is 12.1. The standard InChI is InChI=1S/C15H21NS/c1-3-4-7-12(2)16-10-13-11-17-15-9-6-5-8-14(13)15/h5-6,8-9,11-12,16H,3-4,7,10H2,1-2H3. The molecule has 1 aromatic carbocycles. The molecule has 0 aliphatic carbocycles. The highest BCUT2D eigenvalue weighted by Gasteiger charge is 2.05. The normalized spacial score (nSPS) is 13.1. The van der Waals surface area contributed by atoms with Crippen LogP contribution in [-0.2, 0) is 6.54 Å². The Labute approximate surface area is 108 Å². The van der Waals surface area contributed by atoms with Crippen molar-refractivity contribution < 1.29 is 0 Å². The van der Waals surface area contributed by atoms with E-state index in [-0.39, 0.29) is 0 Å². The number of hydrogen-bond acceptors (Lipinski definition) is 2. The van der Waals surface area contributed by atoms with Gasteiger partial charge in [0.1, 0.15) is 0 Å². The minimum Gasteiger partial charge on any atom is -0.310 e. The number of nitrogens with one attached hydrogen (secondary N) is 1. The van der Waals surface area contributed by atoms with Gasteiger partial charge in [0.15, 0.2) is 0 Å². The molecule has 0 aliphatic heterocycles. The molecular weight excluding hydrogens is 226 g/mol. The summed E-state index contributed by atoms with van der Waals surface area (Å²) in [5, 5.41) is 7.31. The molecule has 1 heterocycles. The SMILES string of the molecule is CCCCC(C)NCc1csc2ccccc12. The molecule has 2 heteroatoms. The summed E-state index contributed by atoms with van der Waals surface area (Å²) < 4.78 is 1.39. The molecule has 0 spiro atoms. The molecule has 2 aromatic rings. The van der Waals surface area contributed by atoms with Crippen molar-refractivity contribution in [3.05, 3.63) is 35.2 Å². The summed E-state index contributed by atoms with van der Waals surface area (Å²) in [7, 11) is 0. The molecule has 0 bridgehead atoms. The van der Waals surface area contributed by atoms with E-state index in [1.807, 2.05) is 11.3 Å². The van der Waals surface area contributed by atoms with Gasteiger partial charge in [-0.3, -0.25) is 0 Å². The first-order chi connectivity index (χ1) is 8.31. The molecule has 0 saturated carbocycles. The van der Waals surface area contributed by atoms with Crippen molar-refractivity contribution in [2.75, 3.05) is 0 Å². The first-order valence-electron chi connectivity index (χ1n) is 6.49. The van der Waals surface area contributed by atoms with Crippen molar-refractivity contribution in [1.82, 2.24) is 5.32 Å². The van der Waals surface area contributed by atoms with E-state index in [9.17, 15) is 0 Å². The van der Waals surface area contributed by atoms with Gasteiger partial charge in [-0.15, -0.1) is 11.3 Å². The van der Waals surface area contributed by atoms with Crippen LogP contribution in [0.15, 0.2) is 29.6 Å². The average molecular weight is 247 g/mol. The van der Waals surface area contributed by atoms with Gasteiger partial charge in [0.25, 0.3) is 0 Å². The Morgan fingerprint density at radius 3 is 2.94 bits per heavy atom. The fourth-order valence-corrected chi connectivity index (χ4v) is 3.03. The highest BCUT2D eigenvalue weighted by atomic mass is 32.1. The highest BCUT2D eigenvalue weighted by molar-refractivity contribution is 7.17. The maximum atomic E-state index is 3.62. The molecule has 1 nitrogen and oxygen atoms in total. The molecule has 0 radical (unpaired) electrons. The van der Waals surface area contributed by atoms with Gasteiger partial charge in [0.2, 0.25) is 0 Å². The number of unbranched alkanes of at least 4 members (excludes halogenated alkanes) is 1. The molecule has 1 unspecified atom stereocenters. The number of fused-ring (bicyclic) bond motifs is 1. The minimum absolute atomic E-state index is 0.619. The van der Waals surface area contributed by atoms with Crippen molar-refractivity contribution >= 4 is 21.4 Å². The first kappa shape index (κ1) is 12.6. The number of rotatable bonds is 6. The van der Waals surface area contributed by atoms with Gasteiger partial charge in [-0.25, -0.2) is 0 Å². The fraction of sp³-hybridized carbons (Fsp3) is 0.467. The summed E-state index contributed by atoms with van der Waals surface area (Å²) in [6.07, 6.45) is 3.88. The molecule has 0 amide bonds. The van der Waals surface area contributed by atoms with Crippen LogP contribution in [0.5, 0.6) is 0 Å². The van der Waals surface area contributed by atoms with Crippen LogP contribution in [0, 0.1) is 0 Å². The van der Waals surface area contributed by atoms with Crippen molar-refractivity contribution in [2.45, 2.75) is 45.7 Å². The van der Waals surface area contributed by atoms with Crippen LogP contribution < -0.4 is 5.32 Å². The number of hydrogen-bond donors (Lipinski definition) is 1. The molecule has 92 valence electrons. The summed E-state index contributed by atoms with van der Waals surface area (Å²) >= 11 is 1.84. The lowest BCUT2D eigenvalue weighted by molar-refractivity contribution is 0.496. The predicted molar refractivity (Wildman–Crippen MR) is 77.7 cm³/mol. The van der Waals surface area contributed by atoms with Crippen LogP contribution in [0.25, 0.3) is 10.1 Å². The summed E-state index contributed by atoms with van der Waals surface area (Å²) in [6, 6.07) is 9.27. The smallest absolute Gasteiger partial charge is 0.0346 e.